The van der Waals surface area contributed by atoms with Crippen LogP contribution in [0.4, 0.5) is 18.9 Å². The smallest absolute Gasteiger partial charge is 0.420 e. The third-order valence-corrected chi connectivity index (χ3v) is 6.24. The largest absolute Gasteiger partial charge is 0.451 e. The molecule has 0 unspecified atom stereocenters. The van der Waals surface area contributed by atoms with Crippen molar-refractivity contribution in [2.45, 2.75) is 17.6 Å². The molecule has 0 aliphatic heterocycles. The fourth-order valence-corrected chi connectivity index (χ4v) is 4.49. The number of alkyl halides is 3. The van der Waals surface area contributed by atoms with Gasteiger partial charge in [0.1, 0.15) is 17.9 Å². The number of pyridine rings is 1. The van der Waals surface area contributed by atoms with Crippen molar-refractivity contribution < 1.29 is 31.1 Å². The molecule has 1 aromatic heterocycles. The van der Waals surface area contributed by atoms with E-state index >= 15 is 0 Å². The van der Waals surface area contributed by atoms with E-state index in [0.29, 0.717) is 15.1 Å². The van der Waals surface area contributed by atoms with E-state index in [2.05, 4.69) is 21.2 Å². The van der Waals surface area contributed by atoms with Gasteiger partial charge in [-0.15, -0.1) is 0 Å². The summed E-state index contributed by atoms with van der Waals surface area (Å²) in [5, 5.41) is 7.33. The number of rotatable bonds is 6. The molecule has 0 atom stereocenters. The Morgan fingerprint density at radius 1 is 1.14 bits per heavy atom. The highest BCUT2D eigenvalue weighted by Gasteiger charge is 2.36. The van der Waals surface area contributed by atoms with Gasteiger partial charge in [-0.1, -0.05) is 39.1 Å². The lowest BCUT2D eigenvalue weighted by Crippen LogP contribution is -2.29. The van der Waals surface area contributed by atoms with Gasteiger partial charge >= 0.3 is 6.18 Å². The molecule has 15 heteroatoms. The van der Waals surface area contributed by atoms with Gasteiger partial charge in [0.15, 0.2) is 0 Å². The number of amides is 1. The topological polar surface area (TPSA) is 120 Å². The lowest BCUT2D eigenvalue weighted by Gasteiger charge is -2.16. The second-order valence-electron chi connectivity index (χ2n) is 6.93. The molecule has 8 nitrogen and oxygen atoms in total. The SMILES string of the molecule is NS(=O)(=O)c1ccc(NC(=O)Cn2ccc(C(F)(F)F)c(Oc3cc(Cl)cc(Br)c3)c2=O)c(Cl)c1. The maximum Gasteiger partial charge on any atom is 0.420 e. The van der Waals surface area contributed by atoms with Crippen molar-refractivity contribution in [2.24, 2.45) is 5.14 Å². The predicted molar refractivity (Wildman–Crippen MR) is 126 cm³/mol. The molecule has 186 valence electrons. The Balaban J connectivity index is 1.92. The Morgan fingerprint density at radius 3 is 2.40 bits per heavy atom. The zero-order valence-electron chi connectivity index (χ0n) is 17.1. The van der Waals surface area contributed by atoms with Gasteiger partial charge < -0.3 is 14.6 Å². The molecule has 0 spiro atoms. The number of carbonyl (C=O) groups excluding carboxylic acids is 1. The molecule has 0 aliphatic rings. The van der Waals surface area contributed by atoms with Gasteiger partial charge in [-0.2, -0.15) is 13.2 Å². The quantitative estimate of drug-likeness (QED) is 0.404. The van der Waals surface area contributed by atoms with Crippen LogP contribution in [0.3, 0.4) is 0 Å². The zero-order chi connectivity index (χ0) is 26.1. The number of hydrogen-bond donors (Lipinski definition) is 2. The number of benzene rings is 2. The minimum atomic E-state index is -4.93. The lowest BCUT2D eigenvalue weighted by molar-refractivity contribution is -0.138. The first-order valence-corrected chi connectivity index (χ1v) is 12.3. The van der Waals surface area contributed by atoms with Crippen molar-refractivity contribution in [2.75, 3.05) is 5.32 Å². The fourth-order valence-electron chi connectivity index (χ4n) is 2.82. The Hall–Kier alpha value is -2.58. The standard InChI is InChI=1S/C20H13BrCl2F3N3O5S/c21-10-5-11(22)7-12(6-10)34-18-14(20(24,25)26)3-4-29(19(18)31)9-17(30)28-16-2-1-13(8-15(16)23)35(27,32)33/h1-8H,9H2,(H,28,30)(H2,27,32,33). The number of hydrogen-bond acceptors (Lipinski definition) is 5. The van der Waals surface area contributed by atoms with Crippen molar-refractivity contribution in [1.82, 2.24) is 4.57 Å². The summed E-state index contributed by atoms with van der Waals surface area (Å²) >= 11 is 15.0. The van der Waals surface area contributed by atoms with Gasteiger partial charge in [0.25, 0.3) is 5.56 Å². The van der Waals surface area contributed by atoms with Crippen LogP contribution in [0.2, 0.25) is 10.0 Å². The van der Waals surface area contributed by atoms with E-state index in [4.69, 9.17) is 33.1 Å². The second kappa shape index (κ2) is 10.2. The molecule has 0 fully saturated rings. The van der Waals surface area contributed by atoms with E-state index in [-0.39, 0.29) is 26.4 Å². The Bertz CT molecular complexity index is 1460. The van der Waals surface area contributed by atoms with Gasteiger partial charge in [0.05, 0.1) is 15.6 Å². The van der Waals surface area contributed by atoms with Gasteiger partial charge in [-0.05, 0) is 42.5 Å². The van der Waals surface area contributed by atoms with Crippen LogP contribution in [0.5, 0.6) is 11.5 Å². The highest BCUT2D eigenvalue weighted by atomic mass is 79.9. The van der Waals surface area contributed by atoms with Crippen LogP contribution in [0, 0.1) is 0 Å². The van der Waals surface area contributed by atoms with E-state index in [0.717, 1.165) is 18.3 Å². The average molecular weight is 615 g/mol. The number of nitrogens with zero attached hydrogens (tertiary/aromatic N) is 1. The molecule has 0 bridgehead atoms. The van der Waals surface area contributed by atoms with Crippen LogP contribution in [-0.4, -0.2) is 18.9 Å². The van der Waals surface area contributed by atoms with Gasteiger partial charge in [-0.3, -0.25) is 9.59 Å². The second-order valence-corrected chi connectivity index (χ2v) is 10.3. The van der Waals surface area contributed by atoms with E-state index in [1.807, 2.05) is 0 Å². The molecule has 2 aromatic carbocycles. The minimum absolute atomic E-state index is 0.00993. The van der Waals surface area contributed by atoms with E-state index in [9.17, 15) is 31.2 Å². The molecule has 0 saturated carbocycles. The van der Waals surface area contributed by atoms with E-state index < -0.39 is 45.5 Å². The number of ether oxygens (including phenoxy) is 1. The molecule has 0 saturated heterocycles. The molecule has 0 radical (unpaired) electrons. The minimum Gasteiger partial charge on any atom is -0.451 e. The number of carbonyl (C=O) groups is 1. The number of nitrogens with two attached hydrogens (primary N) is 1. The molecule has 3 rings (SSSR count). The third-order valence-electron chi connectivity index (χ3n) is 4.34. The summed E-state index contributed by atoms with van der Waals surface area (Å²) in [5.74, 6) is -2.04. The highest BCUT2D eigenvalue weighted by Crippen LogP contribution is 2.37. The normalized spacial score (nSPS) is 11.9. The summed E-state index contributed by atoms with van der Waals surface area (Å²) in [5.41, 5.74) is -2.59. The number of anilines is 1. The zero-order valence-corrected chi connectivity index (χ0v) is 21.0. The van der Waals surface area contributed by atoms with E-state index in [1.54, 1.807) is 0 Å². The highest BCUT2D eigenvalue weighted by molar-refractivity contribution is 9.10. The van der Waals surface area contributed by atoms with Crippen LogP contribution in [0.15, 0.2) is 62.8 Å². The molecule has 1 heterocycles. The summed E-state index contributed by atoms with van der Waals surface area (Å²) in [6, 6.07) is 7.85. The fraction of sp³-hybridized carbons (Fsp3) is 0.100. The van der Waals surface area contributed by atoms with Gasteiger partial charge in [-0.25, -0.2) is 13.6 Å². The van der Waals surface area contributed by atoms with Crippen molar-refractivity contribution in [1.29, 1.82) is 0 Å². The number of nitrogens with one attached hydrogen (secondary N) is 1. The molecule has 0 aliphatic carbocycles. The summed E-state index contributed by atoms with van der Waals surface area (Å²) in [6.07, 6.45) is -4.14. The molecular formula is C20H13BrCl2F3N3O5S. The lowest BCUT2D eigenvalue weighted by atomic mass is 10.2. The number of aromatic nitrogens is 1. The first-order chi connectivity index (χ1) is 16.1. The number of halogens is 6. The number of sulfonamides is 1. The molecule has 3 N–H and O–H groups in total. The Labute approximate surface area is 214 Å². The summed E-state index contributed by atoms with van der Waals surface area (Å²) in [6.45, 7) is -0.708. The van der Waals surface area contributed by atoms with Crippen LogP contribution < -0.4 is 20.8 Å². The molecular weight excluding hydrogens is 602 g/mol. The Morgan fingerprint density at radius 2 is 1.83 bits per heavy atom. The summed E-state index contributed by atoms with van der Waals surface area (Å²) in [7, 11) is -4.04. The van der Waals surface area contributed by atoms with Crippen LogP contribution in [-0.2, 0) is 27.5 Å². The third kappa shape index (κ3) is 6.76. The molecule has 35 heavy (non-hydrogen) atoms. The first-order valence-electron chi connectivity index (χ1n) is 9.22. The predicted octanol–water partition coefficient (Wildman–Crippen LogP) is 5.01. The first kappa shape index (κ1) is 27.0. The molecule has 1 amide bonds. The molecule has 3 aromatic rings. The van der Waals surface area contributed by atoms with E-state index in [1.165, 1.54) is 24.3 Å². The number of primary sulfonamides is 1. The average Bonchev–Trinajstić information content (AvgIpc) is 2.70. The van der Waals surface area contributed by atoms with Gasteiger partial charge in [0.2, 0.25) is 21.7 Å². The van der Waals surface area contributed by atoms with Gasteiger partial charge in [0, 0.05) is 15.7 Å². The van der Waals surface area contributed by atoms with Crippen molar-refractivity contribution >= 4 is 60.7 Å². The maximum atomic E-state index is 13.5. The Kier molecular flexibility index (Phi) is 7.86. The van der Waals surface area contributed by atoms with Crippen molar-refractivity contribution in [3.8, 4) is 11.5 Å². The maximum absolute atomic E-state index is 13.5. The van der Waals surface area contributed by atoms with Crippen LogP contribution in [0.1, 0.15) is 5.56 Å². The van der Waals surface area contributed by atoms with Crippen LogP contribution in [0.25, 0.3) is 0 Å². The monoisotopic (exact) mass is 613 g/mol. The van der Waals surface area contributed by atoms with Crippen LogP contribution >= 0.6 is 39.1 Å². The van der Waals surface area contributed by atoms with Crippen molar-refractivity contribution in [3.05, 3.63) is 79.1 Å². The summed E-state index contributed by atoms with van der Waals surface area (Å²) < 4.78 is 69.7. The van der Waals surface area contributed by atoms with Crippen molar-refractivity contribution in [3.63, 3.8) is 0 Å². The summed E-state index contributed by atoms with van der Waals surface area (Å²) in [4.78, 5) is 25.0.